The topological polar surface area (TPSA) is 21.3 Å². The van der Waals surface area contributed by atoms with Crippen LogP contribution in [0.5, 0.6) is 5.75 Å². The second kappa shape index (κ2) is 10.3. The lowest BCUT2D eigenvalue weighted by Crippen LogP contribution is -2.26. The maximum atomic E-state index is 6.33. The van der Waals surface area contributed by atoms with E-state index in [9.17, 15) is 0 Å². The van der Waals surface area contributed by atoms with Crippen LogP contribution >= 0.6 is 0 Å². The molecule has 0 saturated carbocycles. The van der Waals surface area contributed by atoms with Gasteiger partial charge in [-0.2, -0.15) is 0 Å². The third kappa shape index (κ3) is 5.53. The van der Waals surface area contributed by atoms with Gasteiger partial charge >= 0.3 is 0 Å². The van der Waals surface area contributed by atoms with E-state index in [4.69, 9.17) is 4.74 Å². The minimum absolute atomic E-state index is 0.420. The summed E-state index contributed by atoms with van der Waals surface area (Å²) in [6.45, 7) is 5.78. The monoisotopic (exact) mass is 409 g/mol. The second-order valence-corrected chi connectivity index (χ2v) is 8.28. The fourth-order valence-corrected chi connectivity index (χ4v) is 3.97. The lowest BCUT2D eigenvalue weighted by atomic mass is 10.0. The van der Waals surface area contributed by atoms with E-state index in [2.05, 4.69) is 110 Å². The molecule has 0 fully saturated rings. The number of hydrogen-bond acceptors (Lipinski definition) is 2. The molecule has 2 nitrogen and oxygen atoms in total. The summed E-state index contributed by atoms with van der Waals surface area (Å²) in [5.41, 5.74) is 5.12. The van der Waals surface area contributed by atoms with Crippen LogP contribution in [0.1, 0.15) is 35.6 Å². The average molecular weight is 410 g/mol. The van der Waals surface area contributed by atoms with Gasteiger partial charge in [0.05, 0.1) is 0 Å². The summed E-state index contributed by atoms with van der Waals surface area (Å²) in [7, 11) is 0. The van der Waals surface area contributed by atoms with Gasteiger partial charge in [-0.25, -0.2) is 0 Å². The molecule has 31 heavy (non-hydrogen) atoms. The Morgan fingerprint density at radius 2 is 1.55 bits per heavy atom. The third-order valence-electron chi connectivity index (χ3n) is 5.98. The first kappa shape index (κ1) is 21.1. The summed E-state index contributed by atoms with van der Waals surface area (Å²) in [5, 5.41) is 6.24. The highest BCUT2D eigenvalue weighted by Crippen LogP contribution is 2.29. The molecule has 4 aromatic carbocycles. The number of rotatable bonds is 9. The number of hydrogen-bond donors (Lipinski definition) is 1. The van der Waals surface area contributed by atoms with Crippen molar-refractivity contribution in [2.75, 3.05) is 0 Å². The molecule has 4 aromatic rings. The molecule has 0 bridgehead atoms. The summed E-state index contributed by atoms with van der Waals surface area (Å²) >= 11 is 0. The molecular formula is C29H31NO. The zero-order chi connectivity index (χ0) is 21.5. The highest BCUT2D eigenvalue weighted by atomic mass is 16.5. The van der Waals surface area contributed by atoms with Crippen molar-refractivity contribution in [3.05, 3.63) is 113 Å². The van der Waals surface area contributed by atoms with Crippen LogP contribution in [0.3, 0.4) is 0 Å². The summed E-state index contributed by atoms with van der Waals surface area (Å²) < 4.78 is 6.33. The summed E-state index contributed by atoms with van der Waals surface area (Å²) in [6, 6.07) is 32.4. The Kier molecular flexibility index (Phi) is 7.01. The standard InChI is InChI=1S/C29H31NO/c1-22-10-6-7-14-26(22)21-31-29-19-18-25-13-8-9-15-27(25)28(29)20-30-23(2)16-17-24-11-4-3-5-12-24/h3-15,18-19,23,30H,16-17,20-21H2,1-2H3. The van der Waals surface area contributed by atoms with Crippen molar-refractivity contribution in [2.45, 2.75) is 45.9 Å². The normalized spacial score (nSPS) is 12.1. The van der Waals surface area contributed by atoms with Gasteiger partial charge in [-0.15, -0.1) is 0 Å². The zero-order valence-electron chi connectivity index (χ0n) is 18.5. The molecule has 0 aliphatic carbocycles. The summed E-state index contributed by atoms with van der Waals surface area (Å²) in [5.74, 6) is 0.963. The minimum Gasteiger partial charge on any atom is -0.489 e. The van der Waals surface area contributed by atoms with Crippen molar-refractivity contribution in [3.63, 3.8) is 0 Å². The Bertz CT molecular complexity index is 1120. The van der Waals surface area contributed by atoms with Crippen LogP contribution in [0, 0.1) is 6.92 Å². The molecule has 0 spiro atoms. The van der Waals surface area contributed by atoms with Gasteiger partial charge in [0.15, 0.2) is 0 Å². The molecule has 0 amide bonds. The Hall–Kier alpha value is -3.10. The maximum absolute atomic E-state index is 6.33. The van der Waals surface area contributed by atoms with Gasteiger partial charge in [0, 0.05) is 18.2 Å². The predicted octanol–water partition coefficient (Wildman–Crippen LogP) is 6.84. The highest BCUT2D eigenvalue weighted by molar-refractivity contribution is 5.87. The van der Waals surface area contributed by atoms with Crippen molar-refractivity contribution < 1.29 is 4.74 Å². The Labute approximate surface area is 185 Å². The molecule has 1 atom stereocenters. The van der Waals surface area contributed by atoms with E-state index in [-0.39, 0.29) is 0 Å². The van der Waals surface area contributed by atoms with Crippen molar-refractivity contribution in [1.29, 1.82) is 0 Å². The Morgan fingerprint density at radius 3 is 2.39 bits per heavy atom. The average Bonchev–Trinajstić information content (AvgIpc) is 2.81. The predicted molar refractivity (Wildman–Crippen MR) is 131 cm³/mol. The summed E-state index contributed by atoms with van der Waals surface area (Å²) in [4.78, 5) is 0. The fourth-order valence-electron chi connectivity index (χ4n) is 3.97. The van der Waals surface area contributed by atoms with E-state index in [0.29, 0.717) is 12.6 Å². The number of fused-ring (bicyclic) bond motifs is 1. The number of nitrogens with one attached hydrogen (secondary N) is 1. The lowest BCUT2D eigenvalue weighted by Gasteiger charge is -2.19. The van der Waals surface area contributed by atoms with Crippen LogP contribution in [-0.4, -0.2) is 6.04 Å². The van der Waals surface area contributed by atoms with E-state index in [1.165, 1.54) is 33.0 Å². The molecule has 1 N–H and O–H groups in total. The number of aryl methyl sites for hydroxylation is 2. The van der Waals surface area contributed by atoms with Gasteiger partial charge < -0.3 is 10.1 Å². The van der Waals surface area contributed by atoms with Crippen LogP contribution in [-0.2, 0) is 19.6 Å². The van der Waals surface area contributed by atoms with Crippen molar-refractivity contribution in [2.24, 2.45) is 0 Å². The Balaban J connectivity index is 1.48. The van der Waals surface area contributed by atoms with E-state index < -0.39 is 0 Å². The van der Waals surface area contributed by atoms with Crippen LogP contribution < -0.4 is 10.1 Å². The van der Waals surface area contributed by atoms with Crippen LogP contribution in [0.4, 0.5) is 0 Å². The van der Waals surface area contributed by atoms with E-state index in [0.717, 1.165) is 25.1 Å². The lowest BCUT2D eigenvalue weighted by molar-refractivity contribution is 0.301. The Morgan fingerprint density at radius 1 is 0.806 bits per heavy atom. The minimum atomic E-state index is 0.420. The van der Waals surface area contributed by atoms with E-state index in [1.807, 2.05) is 0 Å². The first-order chi connectivity index (χ1) is 15.2. The third-order valence-corrected chi connectivity index (χ3v) is 5.98. The van der Waals surface area contributed by atoms with Gasteiger partial charge in [-0.3, -0.25) is 0 Å². The van der Waals surface area contributed by atoms with Crippen molar-refractivity contribution in [1.82, 2.24) is 5.32 Å². The number of benzene rings is 4. The molecule has 0 radical (unpaired) electrons. The molecule has 0 aromatic heterocycles. The zero-order valence-corrected chi connectivity index (χ0v) is 18.5. The van der Waals surface area contributed by atoms with Crippen molar-refractivity contribution >= 4 is 10.8 Å². The number of ether oxygens (including phenoxy) is 1. The smallest absolute Gasteiger partial charge is 0.124 e. The van der Waals surface area contributed by atoms with Gasteiger partial charge in [0.25, 0.3) is 0 Å². The first-order valence-corrected chi connectivity index (χ1v) is 11.2. The van der Waals surface area contributed by atoms with Crippen LogP contribution in [0.2, 0.25) is 0 Å². The van der Waals surface area contributed by atoms with E-state index >= 15 is 0 Å². The van der Waals surface area contributed by atoms with Crippen LogP contribution in [0.25, 0.3) is 10.8 Å². The molecule has 2 heteroatoms. The van der Waals surface area contributed by atoms with Gasteiger partial charge in [-0.1, -0.05) is 84.9 Å². The molecule has 1 unspecified atom stereocenters. The van der Waals surface area contributed by atoms with E-state index in [1.54, 1.807) is 0 Å². The molecule has 0 aliphatic heterocycles. The molecular weight excluding hydrogens is 378 g/mol. The SMILES string of the molecule is Cc1ccccc1COc1ccc2ccccc2c1CNC(C)CCc1ccccc1. The highest BCUT2D eigenvalue weighted by Gasteiger charge is 2.11. The van der Waals surface area contributed by atoms with Gasteiger partial charge in [0.1, 0.15) is 12.4 Å². The van der Waals surface area contributed by atoms with Gasteiger partial charge in [0.2, 0.25) is 0 Å². The molecule has 0 aliphatic rings. The fraction of sp³-hybridized carbons (Fsp3) is 0.241. The molecule has 0 heterocycles. The summed E-state index contributed by atoms with van der Waals surface area (Å²) in [6.07, 6.45) is 2.19. The van der Waals surface area contributed by atoms with Crippen LogP contribution in [0.15, 0.2) is 91.0 Å². The largest absolute Gasteiger partial charge is 0.489 e. The first-order valence-electron chi connectivity index (χ1n) is 11.2. The quantitative estimate of drug-likeness (QED) is 0.327. The van der Waals surface area contributed by atoms with Crippen molar-refractivity contribution in [3.8, 4) is 5.75 Å². The maximum Gasteiger partial charge on any atom is 0.124 e. The molecule has 4 rings (SSSR count). The van der Waals surface area contributed by atoms with Gasteiger partial charge in [-0.05, 0) is 60.2 Å². The second-order valence-electron chi connectivity index (χ2n) is 8.28. The molecule has 158 valence electrons. The molecule has 0 saturated heterocycles.